The van der Waals surface area contributed by atoms with E-state index in [4.69, 9.17) is 9.72 Å². The highest BCUT2D eigenvalue weighted by atomic mass is 32.1. The lowest BCUT2D eigenvalue weighted by Gasteiger charge is -2.30. The van der Waals surface area contributed by atoms with Crippen LogP contribution in [0.2, 0.25) is 0 Å². The largest absolute Gasteiger partial charge is 0.449 e. The Bertz CT molecular complexity index is 1110. The number of hydrogen-bond donors (Lipinski definition) is 1. The van der Waals surface area contributed by atoms with Crippen molar-refractivity contribution in [3.8, 4) is 10.6 Å². The van der Waals surface area contributed by atoms with Crippen molar-refractivity contribution in [1.82, 2.24) is 20.1 Å². The Morgan fingerprint density at radius 1 is 1.32 bits per heavy atom. The van der Waals surface area contributed by atoms with E-state index >= 15 is 0 Å². The smallest absolute Gasteiger partial charge is 0.339 e. The van der Waals surface area contributed by atoms with Crippen molar-refractivity contribution < 1.29 is 14.3 Å². The molecule has 3 heterocycles. The topological polar surface area (TPSA) is 86.1 Å². The van der Waals surface area contributed by atoms with Gasteiger partial charge in [-0.25, -0.2) is 9.78 Å². The number of aryl methyl sites for hydroxylation is 2. The van der Waals surface area contributed by atoms with Gasteiger partial charge < -0.3 is 10.1 Å². The number of aromatic nitrogens is 3. The molecule has 0 radical (unpaired) electrons. The van der Waals surface area contributed by atoms with Crippen LogP contribution in [-0.2, 0) is 16.6 Å². The van der Waals surface area contributed by atoms with Crippen molar-refractivity contribution in [3.63, 3.8) is 0 Å². The van der Waals surface area contributed by atoms with E-state index in [9.17, 15) is 9.59 Å². The molecule has 8 heteroatoms. The fraction of sp³-hybridized carbons (Fsp3) is 0.478. The predicted molar refractivity (Wildman–Crippen MR) is 121 cm³/mol. The summed E-state index contributed by atoms with van der Waals surface area (Å²) in [7, 11) is 1.80. The summed E-state index contributed by atoms with van der Waals surface area (Å²) in [6, 6.07) is 5.77. The summed E-state index contributed by atoms with van der Waals surface area (Å²) in [4.78, 5) is 31.5. The zero-order valence-electron chi connectivity index (χ0n) is 18.3. The van der Waals surface area contributed by atoms with Gasteiger partial charge in [0.25, 0.3) is 5.91 Å². The molecule has 1 aliphatic carbocycles. The predicted octanol–water partition coefficient (Wildman–Crippen LogP) is 4.25. The van der Waals surface area contributed by atoms with Crippen molar-refractivity contribution in [1.29, 1.82) is 0 Å². The normalized spacial score (nSPS) is 19.9. The van der Waals surface area contributed by atoms with Crippen LogP contribution in [-0.4, -0.2) is 38.8 Å². The minimum atomic E-state index is -0.882. The molecule has 1 fully saturated rings. The van der Waals surface area contributed by atoms with Gasteiger partial charge in [-0.1, -0.05) is 25.8 Å². The van der Waals surface area contributed by atoms with Crippen LogP contribution in [0.4, 0.5) is 0 Å². The summed E-state index contributed by atoms with van der Waals surface area (Å²) in [5.74, 6) is -0.355. The average Bonchev–Trinajstić information content (AvgIpc) is 3.37. The Hall–Kier alpha value is -2.74. The van der Waals surface area contributed by atoms with Crippen LogP contribution in [0, 0.1) is 12.8 Å². The van der Waals surface area contributed by atoms with Crippen LogP contribution < -0.4 is 5.32 Å². The molecule has 3 aromatic rings. The fourth-order valence-electron chi connectivity index (χ4n) is 4.26. The number of esters is 1. The van der Waals surface area contributed by atoms with Gasteiger partial charge in [0.2, 0.25) is 0 Å². The van der Waals surface area contributed by atoms with Crippen molar-refractivity contribution >= 4 is 34.2 Å². The maximum absolute atomic E-state index is 13.1. The van der Waals surface area contributed by atoms with E-state index in [0.29, 0.717) is 33.9 Å². The summed E-state index contributed by atoms with van der Waals surface area (Å²) in [6.07, 6.45) is 3.52. The highest BCUT2D eigenvalue weighted by Crippen LogP contribution is 2.30. The van der Waals surface area contributed by atoms with Gasteiger partial charge in [0, 0.05) is 13.1 Å². The zero-order valence-corrected chi connectivity index (χ0v) is 19.2. The molecule has 4 rings (SSSR count). The molecule has 0 spiro atoms. The molecule has 31 heavy (non-hydrogen) atoms. The highest BCUT2D eigenvalue weighted by molar-refractivity contribution is 7.13. The second-order valence-corrected chi connectivity index (χ2v) is 9.31. The van der Waals surface area contributed by atoms with E-state index < -0.39 is 12.1 Å². The van der Waals surface area contributed by atoms with E-state index in [-0.39, 0.29) is 11.9 Å². The Morgan fingerprint density at radius 2 is 2.10 bits per heavy atom. The Morgan fingerprint density at radius 3 is 2.81 bits per heavy atom. The second-order valence-electron chi connectivity index (χ2n) is 8.36. The molecule has 0 saturated heterocycles. The Kier molecular flexibility index (Phi) is 6.09. The van der Waals surface area contributed by atoms with Gasteiger partial charge in [0.15, 0.2) is 11.8 Å². The first-order valence-corrected chi connectivity index (χ1v) is 11.6. The quantitative estimate of drug-likeness (QED) is 0.600. The van der Waals surface area contributed by atoms with E-state index in [1.807, 2.05) is 24.4 Å². The molecule has 1 saturated carbocycles. The van der Waals surface area contributed by atoms with E-state index in [1.165, 1.54) is 6.42 Å². The molecule has 1 aliphatic rings. The average molecular weight is 441 g/mol. The van der Waals surface area contributed by atoms with Crippen molar-refractivity contribution in [2.24, 2.45) is 13.0 Å². The summed E-state index contributed by atoms with van der Waals surface area (Å²) < 4.78 is 7.27. The van der Waals surface area contributed by atoms with Crippen LogP contribution >= 0.6 is 11.3 Å². The van der Waals surface area contributed by atoms with Gasteiger partial charge in [-0.3, -0.25) is 9.48 Å². The molecule has 1 amide bonds. The minimum Gasteiger partial charge on any atom is -0.449 e. The van der Waals surface area contributed by atoms with Crippen LogP contribution in [0.5, 0.6) is 0 Å². The van der Waals surface area contributed by atoms with Gasteiger partial charge in [-0.05, 0) is 50.1 Å². The third kappa shape index (κ3) is 4.35. The molecule has 7 nitrogen and oxygen atoms in total. The number of fused-ring (bicyclic) bond motifs is 1. The van der Waals surface area contributed by atoms with Gasteiger partial charge in [0.05, 0.1) is 27.2 Å². The number of amides is 1. The summed E-state index contributed by atoms with van der Waals surface area (Å²) in [6.45, 7) is 5.62. The van der Waals surface area contributed by atoms with Crippen LogP contribution in [0.25, 0.3) is 21.6 Å². The first-order valence-electron chi connectivity index (χ1n) is 10.7. The lowest BCUT2D eigenvalue weighted by molar-refractivity contribution is -0.130. The van der Waals surface area contributed by atoms with Gasteiger partial charge in [0.1, 0.15) is 0 Å². The molecule has 0 aliphatic heterocycles. The SMILES string of the molecule is Cc1nn(C)c2nc(-c3cccs3)cc(C(=O)OC(C)C(=O)NC3CCCCC3C)c12. The molecular weight excluding hydrogens is 412 g/mol. The summed E-state index contributed by atoms with van der Waals surface area (Å²) >= 11 is 1.55. The van der Waals surface area contributed by atoms with E-state index in [2.05, 4.69) is 17.3 Å². The van der Waals surface area contributed by atoms with Crippen LogP contribution in [0.15, 0.2) is 23.6 Å². The Balaban J connectivity index is 1.59. The molecule has 3 aromatic heterocycles. The molecule has 3 unspecified atom stereocenters. The van der Waals surface area contributed by atoms with Crippen LogP contribution in [0.1, 0.15) is 55.6 Å². The number of nitrogens with one attached hydrogen (secondary N) is 1. The number of nitrogens with zero attached hydrogens (tertiary/aromatic N) is 3. The third-order valence-electron chi connectivity index (χ3n) is 6.05. The van der Waals surface area contributed by atoms with Crippen molar-refractivity contribution in [2.45, 2.75) is 58.6 Å². The first kappa shape index (κ1) is 21.5. The summed E-state index contributed by atoms with van der Waals surface area (Å²) in [5.41, 5.74) is 2.38. The molecule has 164 valence electrons. The van der Waals surface area contributed by atoms with E-state index in [0.717, 1.165) is 24.1 Å². The summed E-state index contributed by atoms with van der Waals surface area (Å²) in [5, 5.41) is 10.1. The highest BCUT2D eigenvalue weighted by Gasteiger charge is 2.28. The van der Waals surface area contributed by atoms with Gasteiger partial charge in [-0.2, -0.15) is 5.10 Å². The second kappa shape index (κ2) is 8.78. The van der Waals surface area contributed by atoms with Crippen molar-refractivity contribution in [2.75, 3.05) is 0 Å². The molecular formula is C23H28N4O3S. The fourth-order valence-corrected chi connectivity index (χ4v) is 4.95. The monoisotopic (exact) mass is 440 g/mol. The van der Waals surface area contributed by atoms with Crippen molar-refractivity contribution in [3.05, 3.63) is 34.8 Å². The molecule has 0 aromatic carbocycles. The molecule has 3 atom stereocenters. The third-order valence-corrected chi connectivity index (χ3v) is 6.95. The standard InChI is InChI=1S/C23H28N4O3S/c1-13-8-5-6-9-17(13)25-22(28)15(3)30-23(29)16-12-18(19-10-7-11-31-19)24-21-20(16)14(2)26-27(21)4/h7,10-13,15,17H,5-6,8-9H2,1-4H3,(H,25,28). The zero-order chi connectivity index (χ0) is 22.1. The maximum Gasteiger partial charge on any atom is 0.339 e. The number of ether oxygens (including phenoxy) is 1. The number of thiophene rings is 1. The van der Waals surface area contributed by atoms with Gasteiger partial charge in [-0.15, -0.1) is 11.3 Å². The van der Waals surface area contributed by atoms with Gasteiger partial charge >= 0.3 is 5.97 Å². The lowest BCUT2D eigenvalue weighted by atomic mass is 9.86. The Labute approximate surface area is 185 Å². The number of carbonyl (C=O) groups is 2. The number of carbonyl (C=O) groups excluding carboxylic acids is 2. The van der Waals surface area contributed by atoms with E-state index in [1.54, 1.807) is 36.1 Å². The van der Waals surface area contributed by atoms with Crippen LogP contribution in [0.3, 0.4) is 0 Å². The molecule has 0 bridgehead atoms. The first-order chi connectivity index (χ1) is 14.8. The number of pyridine rings is 1. The minimum absolute atomic E-state index is 0.140. The maximum atomic E-state index is 13.1. The molecule has 1 N–H and O–H groups in total. The lowest BCUT2D eigenvalue weighted by Crippen LogP contribution is -2.46. The number of rotatable bonds is 5. The number of hydrogen-bond acceptors (Lipinski definition) is 6.